The highest BCUT2D eigenvalue weighted by molar-refractivity contribution is 6.33. The fraction of sp³-hybridized carbons (Fsp3) is 0.286. The Morgan fingerprint density at radius 3 is 2.74 bits per heavy atom. The number of pyridine rings is 1. The number of hydrogen-bond donors (Lipinski definition) is 1. The number of aryl methyl sites for hydroxylation is 2. The lowest BCUT2D eigenvalue weighted by Gasteiger charge is -2.13. The molecule has 4 rings (SSSR count). The quantitative estimate of drug-likeness (QED) is 0.538. The van der Waals surface area contributed by atoms with Crippen LogP contribution in [0.25, 0.3) is 28.1 Å². The normalized spacial score (nSPS) is 12.8. The summed E-state index contributed by atoms with van der Waals surface area (Å²) in [4.78, 5) is 14.0. The smallest absolute Gasteiger partial charge is 0.165 e. The summed E-state index contributed by atoms with van der Waals surface area (Å²) in [5, 5.41) is 11.0. The van der Waals surface area contributed by atoms with Crippen molar-refractivity contribution in [3.05, 3.63) is 58.5 Å². The van der Waals surface area contributed by atoms with Crippen molar-refractivity contribution in [3.8, 4) is 11.4 Å². The number of halogens is 1. The highest BCUT2D eigenvalue weighted by Gasteiger charge is 2.18. The van der Waals surface area contributed by atoms with Gasteiger partial charge in [0.25, 0.3) is 0 Å². The van der Waals surface area contributed by atoms with E-state index < -0.39 is 6.10 Å². The highest BCUT2D eigenvalue weighted by atomic mass is 35.5. The van der Waals surface area contributed by atoms with E-state index in [2.05, 4.69) is 21.9 Å². The summed E-state index contributed by atoms with van der Waals surface area (Å²) in [5.74, 6) is 0.703. The van der Waals surface area contributed by atoms with Gasteiger partial charge < -0.3 is 5.11 Å². The molecule has 5 nitrogen and oxygen atoms in total. The first-order valence-electron chi connectivity index (χ1n) is 9.09. The Hall–Kier alpha value is -2.50. The lowest BCUT2D eigenvalue weighted by Crippen LogP contribution is -2.01. The second kappa shape index (κ2) is 6.91. The second-order valence-electron chi connectivity index (χ2n) is 6.84. The molecule has 1 N–H and O–H groups in total. The van der Waals surface area contributed by atoms with Crippen molar-refractivity contribution in [1.29, 1.82) is 0 Å². The molecule has 4 aromatic rings. The number of fused-ring (bicyclic) bond motifs is 3. The fourth-order valence-electron chi connectivity index (χ4n) is 3.40. The summed E-state index contributed by atoms with van der Waals surface area (Å²) < 4.78 is 2.00. The number of rotatable bonds is 4. The van der Waals surface area contributed by atoms with Gasteiger partial charge in [-0.2, -0.15) is 0 Å². The third kappa shape index (κ3) is 3.07. The van der Waals surface area contributed by atoms with Crippen LogP contribution in [0.4, 0.5) is 0 Å². The molecule has 0 amide bonds. The summed E-state index contributed by atoms with van der Waals surface area (Å²) in [7, 11) is 0. The molecule has 6 heteroatoms. The Kier molecular flexibility index (Phi) is 4.58. The first-order chi connectivity index (χ1) is 13.0. The Bertz CT molecular complexity index is 1150. The van der Waals surface area contributed by atoms with Crippen LogP contribution in [0.5, 0.6) is 0 Å². The largest absolute Gasteiger partial charge is 0.388 e. The lowest BCUT2D eigenvalue weighted by atomic mass is 10.0. The van der Waals surface area contributed by atoms with Gasteiger partial charge in [-0.1, -0.05) is 31.0 Å². The number of aliphatic hydroxyl groups is 1. The van der Waals surface area contributed by atoms with E-state index in [4.69, 9.17) is 11.6 Å². The van der Waals surface area contributed by atoms with Crippen molar-refractivity contribution in [2.45, 2.75) is 39.7 Å². The maximum Gasteiger partial charge on any atom is 0.165 e. The van der Waals surface area contributed by atoms with Crippen LogP contribution in [0.15, 0.2) is 36.5 Å². The second-order valence-corrected chi connectivity index (χ2v) is 7.25. The highest BCUT2D eigenvalue weighted by Crippen LogP contribution is 2.33. The van der Waals surface area contributed by atoms with Gasteiger partial charge in [-0.25, -0.2) is 15.0 Å². The van der Waals surface area contributed by atoms with Gasteiger partial charge >= 0.3 is 0 Å². The molecule has 0 fully saturated rings. The van der Waals surface area contributed by atoms with Crippen molar-refractivity contribution < 1.29 is 5.11 Å². The predicted octanol–water partition coefficient (Wildman–Crippen LogP) is 5.05. The van der Waals surface area contributed by atoms with Crippen LogP contribution >= 0.6 is 11.6 Å². The summed E-state index contributed by atoms with van der Waals surface area (Å²) in [6, 6.07) is 9.54. The molecule has 3 heterocycles. The van der Waals surface area contributed by atoms with Crippen LogP contribution in [-0.4, -0.2) is 24.5 Å². The van der Waals surface area contributed by atoms with E-state index in [0.717, 1.165) is 45.6 Å². The Morgan fingerprint density at radius 2 is 1.96 bits per heavy atom. The number of aromatic nitrogens is 4. The van der Waals surface area contributed by atoms with E-state index in [9.17, 15) is 5.11 Å². The van der Waals surface area contributed by atoms with E-state index in [-0.39, 0.29) is 0 Å². The van der Waals surface area contributed by atoms with Crippen LogP contribution < -0.4 is 0 Å². The lowest BCUT2D eigenvalue weighted by molar-refractivity contribution is 0.166. The zero-order chi connectivity index (χ0) is 19.1. The first kappa shape index (κ1) is 17.9. The van der Waals surface area contributed by atoms with E-state index >= 15 is 0 Å². The average molecular weight is 381 g/mol. The van der Waals surface area contributed by atoms with E-state index in [0.29, 0.717) is 17.3 Å². The molecule has 1 atom stereocenters. The molecule has 138 valence electrons. The summed E-state index contributed by atoms with van der Waals surface area (Å²) in [6.45, 7) is 5.97. The van der Waals surface area contributed by atoms with Gasteiger partial charge in [0, 0.05) is 11.3 Å². The van der Waals surface area contributed by atoms with E-state index in [1.807, 2.05) is 48.6 Å². The number of nitrogens with zero attached hydrogens (tertiary/aromatic N) is 4. The molecule has 3 aromatic heterocycles. The average Bonchev–Trinajstić information content (AvgIpc) is 3.09. The van der Waals surface area contributed by atoms with Crippen molar-refractivity contribution in [2.24, 2.45) is 0 Å². The summed E-state index contributed by atoms with van der Waals surface area (Å²) >= 11 is 6.52. The van der Waals surface area contributed by atoms with E-state index in [1.54, 1.807) is 6.20 Å². The van der Waals surface area contributed by atoms with Crippen molar-refractivity contribution in [3.63, 3.8) is 0 Å². The van der Waals surface area contributed by atoms with Crippen LogP contribution in [0.3, 0.4) is 0 Å². The van der Waals surface area contributed by atoms with Crippen LogP contribution in [0.1, 0.15) is 42.8 Å². The molecular formula is C21H21ClN4O. The van der Waals surface area contributed by atoms with Gasteiger partial charge in [-0.3, -0.25) is 4.40 Å². The maximum atomic E-state index is 10.4. The minimum absolute atomic E-state index is 0.516. The molecule has 0 radical (unpaired) electrons. The van der Waals surface area contributed by atoms with Gasteiger partial charge in [0.15, 0.2) is 5.65 Å². The van der Waals surface area contributed by atoms with Crippen LogP contribution in [-0.2, 0) is 0 Å². The molecule has 0 aliphatic rings. The molecule has 0 aliphatic carbocycles. The van der Waals surface area contributed by atoms with Crippen LogP contribution in [0.2, 0.25) is 5.02 Å². The third-order valence-electron chi connectivity index (χ3n) is 4.80. The minimum atomic E-state index is -0.516. The molecule has 0 spiro atoms. The Balaban J connectivity index is 2.01. The van der Waals surface area contributed by atoms with Gasteiger partial charge in [-0.15, -0.1) is 0 Å². The third-order valence-corrected chi connectivity index (χ3v) is 5.13. The molecule has 1 aromatic carbocycles. The van der Waals surface area contributed by atoms with Gasteiger partial charge in [0.2, 0.25) is 0 Å². The number of hydrogen-bond acceptors (Lipinski definition) is 4. The van der Waals surface area contributed by atoms with Gasteiger partial charge in [0.1, 0.15) is 11.3 Å². The zero-order valence-electron chi connectivity index (χ0n) is 15.6. The van der Waals surface area contributed by atoms with Gasteiger partial charge in [-0.05, 0) is 50.1 Å². The predicted molar refractivity (Wildman–Crippen MR) is 108 cm³/mol. The molecule has 1 unspecified atom stereocenters. The summed E-state index contributed by atoms with van der Waals surface area (Å²) in [5.41, 5.74) is 5.86. The number of aliphatic hydroxyl groups excluding tert-OH is 1. The van der Waals surface area contributed by atoms with Crippen molar-refractivity contribution in [1.82, 2.24) is 19.4 Å². The van der Waals surface area contributed by atoms with E-state index in [1.165, 1.54) is 0 Å². The van der Waals surface area contributed by atoms with Crippen LogP contribution in [0, 0.1) is 13.8 Å². The number of imidazole rings is 1. The van der Waals surface area contributed by atoms with Crippen molar-refractivity contribution in [2.75, 3.05) is 0 Å². The molecule has 0 aliphatic heterocycles. The maximum absolute atomic E-state index is 10.4. The monoisotopic (exact) mass is 380 g/mol. The molecular weight excluding hydrogens is 360 g/mol. The fourth-order valence-corrected chi connectivity index (χ4v) is 3.60. The standard InChI is InChI=1S/C21H21ClN4O/c1-4-5-19(27)14-7-8-16(22)15(10-14)20-23-11-18-13(3)25-17-9-6-12(2)24-21(17)26(18)20/h6-11,19,27H,4-5H2,1-3H3. The number of benzene rings is 1. The van der Waals surface area contributed by atoms with Gasteiger partial charge in [0.05, 0.1) is 28.5 Å². The molecule has 0 bridgehead atoms. The summed E-state index contributed by atoms with van der Waals surface area (Å²) in [6.07, 6.45) is 2.89. The molecule has 27 heavy (non-hydrogen) atoms. The topological polar surface area (TPSA) is 63.3 Å². The van der Waals surface area contributed by atoms with Crippen molar-refractivity contribution >= 4 is 28.3 Å². The molecule has 0 saturated carbocycles. The Morgan fingerprint density at radius 1 is 1.15 bits per heavy atom. The SMILES string of the molecule is CCCC(O)c1ccc(Cl)c(-c2ncc3c(C)nc4ccc(C)nc4n23)c1. The minimum Gasteiger partial charge on any atom is -0.388 e. The first-order valence-corrected chi connectivity index (χ1v) is 9.46. The molecule has 0 saturated heterocycles. The Labute approximate surface area is 162 Å². The zero-order valence-corrected chi connectivity index (χ0v) is 16.3.